The van der Waals surface area contributed by atoms with E-state index in [0.29, 0.717) is 12.2 Å². The number of Topliss-reactive ketones (excluding diaryl/α,β-unsaturated/α-hetero) is 1. The maximum atomic E-state index is 11.5. The van der Waals surface area contributed by atoms with Crippen molar-refractivity contribution in [1.29, 1.82) is 0 Å². The average Bonchev–Trinajstić information content (AvgIpc) is 2.58. The van der Waals surface area contributed by atoms with Gasteiger partial charge in [0.15, 0.2) is 5.78 Å². The van der Waals surface area contributed by atoms with Crippen LogP contribution in [0.15, 0.2) is 18.2 Å². The monoisotopic (exact) mass is 203 g/mol. The Labute approximate surface area is 90.7 Å². The summed E-state index contributed by atoms with van der Waals surface area (Å²) in [6, 6.07) is 6.47. The van der Waals surface area contributed by atoms with Gasteiger partial charge in [0.05, 0.1) is 6.04 Å². The lowest BCUT2D eigenvalue weighted by atomic mass is 9.98. The molecule has 0 radical (unpaired) electrons. The number of carbonyl (C=O) groups excluding carboxylic acids is 1. The second kappa shape index (κ2) is 4.15. The van der Waals surface area contributed by atoms with E-state index in [9.17, 15) is 4.79 Å². The van der Waals surface area contributed by atoms with Crippen LogP contribution in [0.1, 0.15) is 23.1 Å². The van der Waals surface area contributed by atoms with E-state index in [0.717, 1.165) is 13.0 Å². The third kappa shape index (κ3) is 2.26. The Morgan fingerprint density at radius 1 is 1.40 bits per heavy atom. The van der Waals surface area contributed by atoms with Gasteiger partial charge in [0.1, 0.15) is 0 Å². The molecule has 1 aromatic carbocycles. The lowest BCUT2D eigenvalue weighted by molar-refractivity contribution is -0.118. The van der Waals surface area contributed by atoms with Crippen LogP contribution >= 0.6 is 0 Å². The normalized spacial score (nSPS) is 20.9. The topological polar surface area (TPSA) is 29.1 Å². The number of hydrogen-bond acceptors (Lipinski definition) is 2. The summed E-state index contributed by atoms with van der Waals surface area (Å²) in [6.45, 7) is 5.04. The summed E-state index contributed by atoms with van der Waals surface area (Å²) in [5.41, 5.74) is 3.84. The molecular weight excluding hydrogens is 186 g/mol. The van der Waals surface area contributed by atoms with Crippen molar-refractivity contribution in [3.63, 3.8) is 0 Å². The Morgan fingerprint density at radius 2 is 2.20 bits per heavy atom. The zero-order valence-electron chi connectivity index (χ0n) is 9.34. The fourth-order valence-electron chi connectivity index (χ4n) is 2.08. The minimum absolute atomic E-state index is 0.0468. The SMILES string of the molecule is Cc1ccc(C)c(CC2NCCC2=O)c1. The average molecular weight is 203 g/mol. The molecule has 1 heterocycles. The van der Waals surface area contributed by atoms with E-state index in [-0.39, 0.29) is 6.04 Å². The van der Waals surface area contributed by atoms with Gasteiger partial charge >= 0.3 is 0 Å². The molecule has 0 spiro atoms. The summed E-state index contributed by atoms with van der Waals surface area (Å²) in [6.07, 6.45) is 1.53. The third-order valence-corrected chi connectivity index (χ3v) is 3.08. The molecule has 15 heavy (non-hydrogen) atoms. The molecule has 1 saturated heterocycles. The van der Waals surface area contributed by atoms with Crippen LogP contribution < -0.4 is 5.32 Å². The van der Waals surface area contributed by atoms with Crippen LogP contribution in [0, 0.1) is 13.8 Å². The lowest BCUT2D eigenvalue weighted by Gasteiger charge is -2.12. The number of benzene rings is 1. The Hall–Kier alpha value is -1.15. The zero-order valence-corrected chi connectivity index (χ0v) is 9.34. The van der Waals surface area contributed by atoms with Crippen molar-refractivity contribution in [3.05, 3.63) is 34.9 Å². The summed E-state index contributed by atoms with van der Waals surface area (Å²) in [7, 11) is 0. The quantitative estimate of drug-likeness (QED) is 0.793. The number of rotatable bonds is 2. The summed E-state index contributed by atoms with van der Waals surface area (Å²) in [5, 5.41) is 3.25. The summed E-state index contributed by atoms with van der Waals surface area (Å²) in [5.74, 6) is 0.357. The second-order valence-electron chi connectivity index (χ2n) is 4.36. The van der Waals surface area contributed by atoms with Gasteiger partial charge in [-0.1, -0.05) is 23.8 Å². The molecule has 2 nitrogen and oxygen atoms in total. The molecule has 1 aliphatic rings. The Balaban J connectivity index is 2.16. The second-order valence-corrected chi connectivity index (χ2v) is 4.36. The van der Waals surface area contributed by atoms with Crippen molar-refractivity contribution in [2.75, 3.05) is 6.54 Å². The van der Waals surface area contributed by atoms with Gasteiger partial charge in [-0.3, -0.25) is 4.79 Å². The van der Waals surface area contributed by atoms with Crippen LogP contribution in [0.25, 0.3) is 0 Å². The fourth-order valence-corrected chi connectivity index (χ4v) is 2.08. The van der Waals surface area contributed by atoms with Crippen molar-refractivity contribution in [1.82, 2.24) is 5.32 Å². The molecule has 1 aliphatic heterocycles. The molecule has 0 saturated carbocycles. The van der Waals surface area contributed by atoms with Crippen LogP contribution in [0.3, 0.4) is 0 Å². The fraction of sp³-hybridized carbons (Fsp3) is 0.462. The number of nitrogens with one attached hydrogen (secondary N) is 1. The predicted octanol–water partition coefficient (Wildman–Crippen LogP) is 1.78. The molecule has 1 unspecified atom stereocenters. The van der Waals surface area contributed by atoms with Crippen molar-refractivity contribution < 1.29 is 4.79 Å². The highest BCUT2D eigenvalue weighted by Gasteiger charge is 2.23. The first-order chi connectivity index (χ1) is 7.16. The molecule has 1 N–H and O–H groups in total. The van der Waals surface area contributed by atoms with Gasteiger partial charge in [-0.05, 0) is 31.4 Å². The molecule has 1 fully saturated rings. The largest absolute Gasteiger partial charge is 0.307 e. The van der Waals surface area contributed by atoms with E-state index in [1.807, 2.05) is 0 Å². The van der Waals surface area contributed by atoms with Crippen molar-refractivity contribution in [2.24, 2.45) is 0 Å². The molecule has 0 aliphatic carbocycles. The summed E-state index contributed by atoms with van der Waals surface area (Å²) < 4.78 is 0. The van der Waals surface area contributed by atoms with Gasteiger partial charge in [-0.2, -0.15) is 0 Å². The molecule has 2 rings (SSSR count). The summed E-state index contributed by atoms with van der Waals surface area (Å²) >= 11 is 0. The smallest absolute Gasteiger partial charge is 0.151 e. The maximum absolute atomic E-state index is 11.5. The van der Waals surface area contributed by atoms with Crippen LogP contribution in [-0.4, -0.2) is 18.4 Å². The molecule has 0 amide bonds. The highest BCUT2D eigenvalue weighted by atomic mass is 16.1. The Bertz CT molecular complexity index is 384. The van der Waals surface area contributed by atoms with Gasteiger partial charge in [-0.15, -0.1) is 0 Å². The minimum Gasteiger partial charge on any atom is -0.307 e. The van der Waals surface area contributed by atoms with E-state index in [1.165, 1.54) is 16.7 Å². The molecule has 2 heteroatoms. The van der Waals surface area contributed by atoms with E-state index in [2.05, 4.69) is 37.4 Å². The predicted molar refractivity (Wildman–Crippen MR) is 61.0 cm³/mol. The van der Waals surface area contributed by atoms with Crippen LogP contribution in [0.2, 0.25) is 0 Å². The Kier molecular flexibility index (Phi) is 2.87. The number of ketones is 1. The van der Waals surface area contributed by atoms with Gasteiger partial charge in [0, 0.05) is 13.0 Å². The van der Waals surface area contributed by atoms with Gasteiger partial charge in [-0.25, -0.2) is 0 Å². The molecule has 1 atom stereocenters. The van der Waals surface area contributed by atoms with Crippen molar-refractivity contribution >= 4 is 5.78 Å². The molecule has 1 aromatic rings. The molecule has 0 bridgehead atoms. The van der Waals surface area contributed by atoms with E-state index in [4.69, 9.17) is 0 Å². The van der Waals surface area contributed by atoms with Crippen LogP contribution in [0.4, 0.5) is 0 Å². The number of carbonyl (C=O) groups is 1. The van der Waals surface area contributed by atoms with Crippen molar-refractivity contribution in [3.8, 4) is 0 Å². The molecule has 0 aromatic heterocycles. The zero-order chi connectivity index (χ0) is 10.8. The highest BCUT2D eigenvalue weighted by Crippen LogP contribution is 2.15. The van der Waals surface area contributed by atoms with Crippen LogP contribution in [0.5, 0.6) is 0 Å². The van der Waals surface area contributed by atoms with E-state index < -0.39 is 0 Å². The molecule has 80 valence electrons. The lowest BCUT2D eigenvalue weighted by Crippen LogP contribution is -2.29. The first-order valence-electron chi connectivity index (χ1n) is 5.49. The number of aryl methyl sites for hydroxylation is 2. The van der Waals surface area contributed by atoms with E-state index >= 15 is 0 Å². The first-order valence-corrected chi connectivity index (χ1v) is 5.49. The van der Waals surface area contributed by atoms with E-state index in [1.54, 1.807) is 0 Å². The van der Waals surface area contributed by atoms with Crippen LogP contribution in [-0.2, 0) is 11.2 Å². The highest BCUT2D eigenvalue weighted by molar-refractivity contribution is 5.86. The molecular formula is C13H17NO. The standard InChI is InChI=1S/C13H17NO/c1-9-3-4-10(2)11(7-9)8-12-13(15)5-6-14-12/h3-4,7,12,14H,5-6,8H2,1-2H3. The van der Waals surface area contributed by atoms with Gasteiger partial charge in [0.2, 0.25) is 0 Å². The van der Waals surface area contributed by atoms with Gasteiger partial charge < -0.3 is 5.32 Å². The maximum Gasteiger partial charge on any atom is 0.151 e. The number of hydrogen-bond donors (Lipinski definition) is 1. The Morgan fingerprint density at radius 3 is 2.87 bits per heavy atom. The van der Waals surface area contributed by atoms with Crippen molar-refractivity contribution in [2.45, 2.75) is 32.7 Å². The third-order valence-electron chi connectivity index (χ3n) is 3.08. The van der Waals surface area contributed by atoms with Gasteiger partial charge in [0.25, 0.3) is 0 Å². The summed E-state index contributed by atoms with van der Waals surface area (Å²) in [4.78, 5) is 11.5. The first kappa shape index (κ1) is 10.4. The minimum atomic E-state index is 0.0468.